The van der Waals surface area contributed by atoms with Crippen molar-refractivity contribution in [2.45, 2.75) is 25.3 Å². The monoisotopic (exact) mass is 284 g/mol. The summed E-state index contributed by atoms with van der Waals surface area (Å²) in [7, 11) is 0. The molecule has 0 saturated carbocycles. The first-order valence-corrected chi connectivity index (χ1v) is 7.72. The van der Waals surface area contributed by atoms with Crippen LogP contribution in [0.3, 0.4) is 0 Å². The zero-order valence-electron chi connectivity index (χ0n) is 12.0. The Morgan fingerprint density at radius 2 is 2.24 bits per heavy atom. The van der Waals surface area contributed by atoms with Crippen molar-refractivity contribution < 1.29 is 4.79 Å². The number of nitrogens with zero attached hydrogens (tertiary/aromatic N) is 2. The molecule has 3 saturated heterocycles. The summed E-state index contributed by atoms with van der Waals surface area (Å²) in [6.45, 7) is 3.42. The molecule has 2 aromatic rings. The van der Waals surface area contributed by atoms with Gasteiger partial charge in [0.25, 0.3) is 0 Å². The Morgan fingerprint density at radius 3 is 3.00 bits per heavy atom. The molecule has 3 fully saturated rings. The SMILES string of the molecule is O=C(Cc1cccc2cn[nH]c12)N[C@@H]1CN2CCC1CC2. The lowest BCUT2D eigenvalue weighted by Crippen LogP contribution is -2.57. The Kier molecular flexibility index (Phi) is 3.15. The fraction of sp³-hybridized carbons (Fsp3) is 0.500. The van der Waals surface area contributed by atoms with Crippen LogP contribution in [0.25, 0.3) is 10.9 Å². The van der Waals surface area contributed by atoms with Crippen LogP contribution >= 0.6 is 0 Å². The number of fused-ring (bicyclic) bond motifs is 4. The first-order valence-electron chi connectivity index (χ1n) is 7.72. The third kappa shape index (κ3) is 2.42. The number of para-hydroxylation sites is 1. The van der Waals surface area contributed by atoms with E-state index >= 15 is 0 Å². The molecule has 5 rings (SSSR count). The molecule has 2 N–H and O–H groups in total. The van der Waals surface area contributed by atoms with Crippen LogP contribution in [0.15, 0.2) is 24.4 Å². The molecule has 0 radical (unpaired) electrons. The number of hydrogen-bond acceptors (Lipinski definition) is 3. The van der Waals surface area contributed by atoms with Gasteiger partial charge in [-0.25, -0.2) is 0 Å². The third-order valence-electron chi connectivity index (χ3n) is 4.92. The van der Waals surface area contributed by atoms with E-state index in [1.165, 1.54) is 25.9 Å². The van der Waals surface area contributed by atoms with E-state index in [0.29, 0.717) is 18.4 Å². The molecule has 3 aliphatic rings. The van der Waals surface area contributed by atoms with Gasteiger partial charge in [0.05, 0.1) is 18.1 Å². The second kappa shape index (κ2) is 5.15. The van der Waals surface area contributed by atoms with Crippen molar-refractivity contribution in [2.24, 2.45) is 5.92 Å². The minimum atomic E-state index is 0.121. The summed E-state index contributed by atoms with van der Waals surface area (Å²) in [5, 5.41) is 11.3. The molecule has 21 heavy (non-hydrogen) atoms. The Hall–Kier alpha value is -1.88. The number of amides is 1. The largest absolute Gasteiger partial charge is 0.352 e. The summed E-state index contributed by atoms with van der Waals surface area (Å²) in [4.78, 5) is 14.8. The highest BCUT2D eigenvalue weighted by molar-refractivity contribution is 5.87. The van der Waals surface area contributed by atoms with Crippen molar-refractivity contribution in [3.8, 4) is 0 Å². The molecule has 1 aromatic heterocycles. The van der Waals surface area contributed by atoms with E-state index < -0.39 is 0 Å². The quantitative estimate of drug-likeness (QED) is 0.893. The summed E-state index contributed by atoms with van der Waals surface area (Å²) < 4.78 is 0. The van der Waals surface area contributed by atoms with Crippen LogP contribution in [0.1, 0.15) is 18.4 Å². The molecular weight excluding hydrogens is 264 g/mol. The van der Waals surface area contributed by atoms with Crippen molar-refractivity contribution in [1.82, 2.24) is 20.4 Å². The molecule has 4 heterocycles. The smallest absolute Gasteiger partial charge is 0.224 e. The summed E-state index contributed by atoms with van der Waals surface area (Å²) in [6, 6.07) is 6.32. The van der Waals surface area contributed by atoms with Gasteiger partial charge < -0.3 is 10.2 Å². The fourth-order valence-electron chi connectivity index (χ4n) is 3.74. The maximum atomic E-state index is 12.4. The van der Waals surface area contributed by atoms with Crippen LogP contribution in [0.5, 0.6) is 0 Å². The number of rotatable bonds is 3. The molecular formula is C16H20N4O. The van der Waals surface area contributed by atoms with Crippen molar-refractivity contribution in [2.75, 3.05) is 19.6 Å². The van der Waals surface area contributed by atoms with E-state index in [2.05, 4.69) is 20.4 Å². The Balaban J connectivity index is 1.45. The van der Waals surface area contributed by atoms with Crippen molar-refractivity contribution in [1.29, 1.82) is 0 Å². The van der Waals surface area contributed by atoms with Gasteiger partial charge in [0, 0.05) is 18.0 Å². The van der Waals surface area contributed by atoms with Gasteiger partial charge >= 0.3 is 0 Å². The van der Waals surface area contributed by atoms with Gasteiger partial charge in [0.2, 0.25) is 5.91 Å². The maximum absolute atomic E-state index is 12.4. The van der Waals surface area contributed by atoms with Crippen LogP contribution in [-0.4, -0.2) is 46.7 Å². The Bertz CT molecular complexity index is 657. The van der Waals surface area contributed by atoms with Crippen LogP contribution in [0.4, 0.5) is 0 Å². The van der Waals surface area contributed by atoms with Crippen LogP contribution in [0.2, 0.25) is 0 Å². The van der Waals surface area contributed by atoms with E-state index in [9.17, 15) is 4.79 Å². The Labute approximate surface area is 123 Å². The normalized spacial score (nSPS) is 27.9. The number of benzene rings is 1. The lowest BCUT2D eigenvalue weighted by molar-refractivity contribution is -0.122. The molecule has 1 amide bonds. The van der Waals surface area contributed by atoms with Crippen molar-refractivity contribution in [3.05, 3.63) is 30.0 Å². The molecule has 0 aliphatic carbocycles. The zero-order valence-corrected chi connectivity index (χ0v) is 12.0. The number of nitrogens with one attached hydrogen (secondary N) is 2. The van der Waals surface area contributed by atoms with Gasteiger partial charge in [-0.3, -0.25) is 9.89 Å². The number of aromatic amines is 1. The van der Waals surface area contributed by atoms with E-state index in [1.807, 2.05) is 18.2 Å². The summed E-state index contributed by atoms with van der Waals surface area (Å²) in [5.74, 6) is 0.790. The predicted octanol–water partition coefficient (Wildman–Crippen LogP) is 1.32. The molecule has 110 valence electrons. The third-order valence-corrected chi connectivity index (χ3v) is 4.92. The van der Waals surface area contributed by atoms with Gasteiger partial charge in [0.15, 0.2) is 0 Å². The molecule has 3 aliphatic heterocycles. The average molecular weight is 284 g/mol. The fourth-order valence-corrected chi connectivity index (χ4v) is 3.74. The number of hydrogen-bond donors (Lipinski definition) is 2. The van der Waals surface area contributed by atoms with Crippen molar-refractivity contribution in [3.63, 3.8) is 0 Å². The number of carbonyl (C=O) groups excluding carboxylic acids is 1. The van der Waals surface area contributed by atoms with Gasteiger partial charge in [-0.05, 0) is 37.4 Å². The van der Waals surface area contributed by atoms with Crippen LogP contribution in [0, 0.1) is 5.92 Å². The molecule has 5 heteroatoms. The number of H-pyrrole nitrogens is 1. The highest BCUT2D eigenvalue weighted by atomic mass is 16.1. The molecule has 0 spiro atoms. The van der Waals surface area contributed by atoms with E-state index in [4.69, 9.17) is 0 Å². The molecule has 0 unspecified atom stereocenters. The zero-order chi connectivity index (χ0) is 14.2. The van der Waals surface area contributed by atoms with Crippen LogP contribution < -0.4 is 5.32 Å². The highest BCUT2D eigenvalue weighted by Gasteiger charge is 2.34. The number of aromatic nitrogens is 2. The standard InChI is InChI=1S/C16H20N4O/c21-15(18-14-10-20-6-4-11(14)5-7-20)8-12-2-1-3-13-9-17-19-16(12)13/h1-3,9,11,14H,4-8,10H2,(H,17,19)(H,18,21)/t14-/m1/s1. The summed E-state index contributed by atoms with van der Waals surface area (Å²) in [6.07, 6.45) is 4.66. The first-order chi connectivity index (χ1) is 10.3. The average Bonchev–Trinajstić information content (AvgIpc) is 2.98. The summed E-state index contributed by atoms with van der Waals surface area (Å²) in [5.41, 5.74) is 1.99. The van der Waals surface area contributed by atoms with E-state index in [-0.39, 0.29) is 5.91 Å². The lowest BCUT2D eigenvalue weighted by Gasteiger charge is -2.44. The second-order valence-electron chi connectivity index (χ2n) is 6.24. The Morgan fingerprint density at radius 1 is 1.38 bits per heavy atom. The first kappa shape index (κ1) is 12.8. The minimum absolute atomic E-state index is 0.121. The van der Waals surface area contributed by atoms with E-state index in [0.717, 1.165) is 23.0 Å². The maximum Gasteiger partial charge on any atom is 0.224 e. The predicted molar refractivity (Wildman–Crippen MR) is 80.9 cm³/mol. The molecule has 1 aromatic carbocycles. The van der Waals surface area contributed by atoms with E-state index in [1.54, 1.807) is 6.20 Å². The van der Waals surface area contributed by atoms with Crippen LogP contribution in [-0.2, 0) is 11.2 Å². The minimum Gasteiger partial charge on any atom is -0.352 e. The number of carbonyl (C=O) groups is 1. The van der Waals surface area contributed by atoms with Gasteiger partial charge in [-0.2, -0.15) is 5.10 Å². The summed E-state index contributed by atoms with van der Waals surface area (Å²) >= 11 is 0. The highest BCUT2D eigenvalue weighted by Crippen LogP contribution is 2.27. The second-order valence-corrected chi connectivity index (χ2v) is 6.24. The molecule has 2 bridgehead atoms. The topological polar surface area (TPSA) is 61.0 Å². The van der Waals surface area contributed by atoms with Gasteiger partial charge in [0.1, 0.15) is 0 Å². The van der Waals surface area contributed by atoms with Gasteiger partial charge in [-0.1, -0.05) is 18.2 Å². The molecule has 1 atom stereocenters. The number of piperidine rings is 3. The van der Waals surface area contributed by atoms with Gasteiger partial charge in [-0.15, -0.1) is 0 Å². The molecule has 5 nitrogen and oxygen atoms in total. The lowest BCUT2D eigenvalue weighted by atomic mass is 9.84. The van der Waals surface area contributed by atoms with Crippen molar-refractivity contribution >= 4 is 16.8 Å².